The number of amides is 1. The Balaban J connectivity index is 1.69. The lowest BCUT2D eigenvalue weighted by Crippen LogP contribution is -2.23. The number of aryl methyl sites for hydroxylation is 2. The fourth-order valence-corrected chi connectivity index (χ4v) is 2.92. The lowest BCUT2D eigenvalue weighted by Gasteiger charge is -2.10. The lowest BCUT2D eigenvalue weighted by molar-refractivity contribution is 0.0950. The van der Waals surface area contributed by atoms with Gasteiger partial charge < -0.3 is 11.1 Å². The highest BCUT2D eigenvalue weighted by molar-refractivity contribution is 5.94. The van der Waals surface area contributed by atoms with Crippen LogP contribution in [0.3, 0.4) is 0 Å². The van der Waals surface area contributed by atoms with Crippen LogP contribution in [0.5, 0.6) is 0 Å². The van der Waals surface area contributed by atoms with Crippen molar-refractivity contribution in [2.24, 2.45) is 5.73 Å². The second kappa shape index (κ2) is 6.10. The Bertz CT molecular complexity index is 664. The summed E-state index contributed by atoms with van der Waals surface area (Å²) in [5, 5.41) is 2.99. The summed E-state index contributed by atoms with van der Waals surface area (Å²) in [4.78, 5) is 12.3. The predicted molar refractivity (Wildman–Crippen MR) is 84.0 cm³/mol. The van der Waals surface area contributed by atoms with E-state index in [1.54, 1.807) is 0 Å². The molecule has 108 valence electrons. The quantitative estimate of drug-likeness (QED) is 0.904. The maximum atomic E-state index is 12.3. The first-order valence-electron chi connectivity index (χ1n) is 7.45. The minimum absolute atomic E-state index is 0.0171. The molecule has 1 amide bonds. The van der Waals surface area contributed by atoms with Crippen molar-refractivity contribution in [3.05, 3.63) is 70.3 Å². The number of carbonyl (C=O) groups is 1. The minimum Gasteiger partial charge on any atom is -0.348 e. The van der Waals surface area contributed by atoms with Gasteiger partial charge in [-0.15, -0.1) is 0 Å². The van der Waals surface area contributed by atoms with Crippen molar-refractivity contribution < 1.29 is 4.79 Å². The molecule has 0 atom stereocenters. The van der Waals surface area contributed by atoms with E-state index in [2.05, 4.69) is 11.4 Å². The Morgan fingerprint density at radius 3 is 2.62 bits per heavy atom. The molecule has 0 radical (unpaired) electrons. The Kier molecular flexibility index (Phi) is 4.02. The summed E-state index contributed by atoms with van der Waals surface area (Å²) in [6.07, 6.45) is 3.43. The van der Waals surface area contributed by atoms with Gasteiger partial charge in [0.05, 0.1) is 0 Å². The van der Waals surface area contributed by atoms with E-state index < -0.39 is 0 Å². The molecule has 1 aliphatic carbocycles. The Hall–Kier alpha value is -2.13. The van der Waals surface area contributed by atoms with Crippen molar-refractivity contribution in [2.75, 3.05) is 0 Å². The fraction of sp³-hybridized carbons (Fsp3) is 0.278. The zero-order valence-electron chi connectivity index (χ0n) is 12.1. The molecule has 3 heteroatoms. The van der Waals surface area contributed by atoms with Gasteiger partial charge in [-0.2, -0.15) is 0 Å². The molecule has 3 rings (SSSR count). The third-order valence-corrected chi connectivity index (χ3v) is 4.14. The van der Waals surface area contributed by atoms with E-state index in [1.165, 1.54) is 17.5 Å². The number of hydrogen-bond donors (Lipinski definition) is 2. The van der Waals surface area contributed by atoms with Crippen LogP contribution in [0.15, 0.2) is 42.5 Å². The maximum Gasteiger partial charge on any atom is 0.251 e. The fourth-order valence-electron chi connectivity index (χ4n) is 2.92. The molecule has 0 aromatic heterocycles. The second-order valence-corrected chi connectivity index (χ2v) is 5.49. The number of rotatable bonds is 4. The Morgan fingerprint density at radius 1 is 1.05 bits per heavy atom. The van der Waals surface area contributed by atoms with Gasteiger partial charge in [0, 0.05) is 18.7 Å². The number of benzene rings is 2. The highest BCUT2D eigenvalue weighted by Crippen LogP contribution is 2.22. The van der Waals surface area contributed by atoms with Crippen LogP contribution in [-0.2, 0) is 25.9 Å². The minimum atomic E-state index is -0.0171. The molecule has 21 heavy (non-hydrogen) atoms. The van der Waals surface area contributed by atoms with E-state index in [0.29, 0.717) is 13.1 Å². The first kappa shape index (κ1) is 13.8. The normalized spacial score (nSPS) is 13.0. The monoisotopic (exact) mass is 280 g/mol. The average molecular weight is 280 g/mol. The molecule has 0 aliphatic heterocycles. The highest BCUT2D eigenvalue weighted by Gasteiger charge is 2.14. The molecular weight excluding hydrogens is 260 g/mol. The third kappa shape index (κ3) is 2.98. The SMILES string of the molecule is NCc1ccccc1CNC(=O)c1ccc2c(c1)CCC2. The highest BCUT2D eigenvalue weighted by atomic mass is 16.1. The van der Waals surface area contributed by atoms with E-state index in [-0.39, 0.29) is 5.91 Å². The van der Waals surface area contributed by atoms with Crippen molar-refractivity contribution >= 4 is 5.91 Å². The van der Waals surface area contributed by atoms with Crippen molar-refractivity contribution in [3.63, 3.8) is 0 Å². The molecule has 0 bridgehead atoms. The summed E-state index contributed by atoms with van der Waals surface area (Å²) in [6.45, 7) is 1.01. The van der Waals surface area contributed by atoms with Gasteiger partial charge in [0.2, 0.25) is 0 Å². The molecule has 0 saturated carbocycles. The molecule has 3 N–H and O–H groups in total. The van der Waals surface area contributed by atoms with Gasteiger partial charge in [0.15, 0.2) is 0 Å². The van der Waals surface area contributed by atoms with Gasteiger partial charge >= 0.3 is 0 Å². The summed E-state index contributed by atoms with van der Waals surface area (Å²) in [5.41, 5.74) is 11.3. The zero-order valence-corrected chi connectivity index (χ0v) is 12.1. The molecule has 0 unspecified atom stereocenters. The molecule has 0 fully saturated rings. The number of fused-ring (bicyclic) bond motifs is 1. The second-order valence-electron chi connectivity index (χ2n) is 5.49. The Morgan fingerprint density at radius 2 is 1.81 bits per heavy atom. The lowest BCUT2D eigenvalue weighted by atomic mass is 10.1. The van der Waals surface area contributed by atoms with Gasteiger partial charge in [-0.05, 0) is 53.6 Å². The molecule has 2 aromatic rings. The van der Waals surface area contributed by atoms with Crippen LogP contribution in [0.4, 0.5) is 0 Å². The van der Waals surface area contributed by atoms with Crippen LogP contribution >= 0.6 is 0 Å². The smallest absolute Gasteiger partial charge is 0.251 e. The van der Waals surface area contributed by atoms with E-state index in [0.717, 1.165) is 29.5 Å². The van der Waals surface area contributed by atoms with Gasteiger partial charge in [-0.3, -0.25) is 4.79 Å². The first-order chi connectivity index (χ1) is 10.3. The van der Waals surface area contributed by atoms with Crippen LogP contribution < -0.4 is 11.1 Å². The number of carbonyl (C=O) groups excluding carboxylic acids is 1. The van der Waals surface area contributed by atoms with E-state index >= 15 is 0 Å². The van der Waals surface area contributed by atoms with Crippen LogP contribution in [0.25, 0.3) is 0 Å². The zero-order chi connectivity index (χ0) is 14.7. The Labute approximate surface area is 125 Å². The first-order valence-corrected chi connectivity index (χ1v) is 7.45. The van der Waals surface area contributed by atoms with E-state index in [4.69, 9.17) is 5.73 Å². The van der Waals surface area contributed by atoms with Gasteiger partial charge in [0.1, 0.15) is 0 Å². The van der Waals surface area contributed by atoms with Crippen LogP contribution in [-0.4, -0.2) is 5.91 Å². The van der Waals surface area contributed by atoms with E-state index in [9.17, 15) is 4.79 Å². The topological polar surface area (TPSA) is 55.1 Å². The molecule has 1 aliphatic rings. The largest absolute Gasteiger partial charge is 0.348 e. The number of hydrogen-bond acceptors (Lipinski definition) is 2. The molecule has 0 heterocycles. The standard InChI is InChI=1S/C18H20N2O/c19-11-16-4-1-2-5-17(16)12-20-18(21)15-9-8-13-6-3-7-14(13)10-15/h1-2,4-5,8-10H,3,6-7,11-12,19H2,(H,20,21). The predicted octanol–water partition coefficient (Wildman–Crippen LogP) is 2.56. The number of nitrogens with two attached hydrogens (primary N) is 1. The summed E-state index contributed by atoms with van der Waals surface area (Å²) >= 11 is 0. The summed E-state index contributed by atoms with van der Waals surface area (Å²) in [5.74, 6) is -0.0171. The third-order valence-electron chi connectivity index (χ3n) is 4.14. The summed E-state index contributed by atoms with van der Waals surface area (Å²) in [6, 6.07) is 14.0. The van der Waals surface area contributed by atoms with Crippen molar-refractivity contribution in [2.45, 2.75) is 32.4 Å². The van der Waals surface area contributed by atoms with Crippen LogP contribution in [0.1, 0.15) is 39.0 Å². The average Bonchev–Trinajstić information content (AvgIpc) is 3.00. The molecule has 0 spiro atoms. The van der Waals surface area contributed by atoms with Gasteiger partial charge in [-0.1, -0.05) is 30.3 Å². The molecule has 0 saturated heterocycles. The van der Waals surface area contributed by atoms with Crippen molar-refractivity contribution in [1.29, 1.82) is 0 Å². The van der Waals surface area contributed by atoms with Crippen molar-refractivity contribution in [3.8, 4) is 0 Å². The molecule has 2 aromatic carbocycles. The van der Waals surface area contributed by atoms with Crippen LogP contribution in [0, 0.1) is 0 Å². The maximum absolute atomic E-state index is 12.3. The van der Waals surface area contributed by atoms with Gasteiger partial charge in [-0.25, -0.2) is 0 Å². The summed E-state index contributed by atoms with van der Waals surface area (Å²) < 4.78 is 0. The van der Waals surface area contributed by atoms with E-state index in [1.807, 2.05) is 36.4 Å². The molecule has 3 nitrogen and oxygen atoms in total. The van der Waals surface area contributed by atoms with Gasteiger partial charge in [0.25, 0.3) is 5.91 Å². The van der Waals surface area contributed by atoms with Crippen LogP contribution in [0.2, 0.25) is 0 Å². The van der Waals surface area contributed by atoms with Crippen molar-refractivity contribution in [1.82, 2.24) is 5.32 Å². The summed E-state index contributed by atoms with van der Waals surface area (Å²) in [7, 11) is 0. The molecular formula is C18H20N2O. The number of nitrogens with one attached hydrogen (secondary N) is 1.